The first-order chi connectivity index (χ1) is 11.9. The number of carbonyl (C=O) groups excluding carboxylic acids is 1. The predicted octanol–water partition coefficient (Wildman–Crippen LogP) is 1.92. The van der Waals surface area contributed by atoms with Gasteiger partial charge in [0.05, 0.1) is 12.0 Å². The van der Waals surface area contributed by atoms with Gasteiger partial charge >= 0.3 is 0 Å². The number of anilines is 1. The van der Waals surface area contributed by atoms with Crippen molar-refractivity contribution < 1.29 is 22.3 Å². The van der Waals surface area contributed by atoms with E-state index >= 15 is 0 Å². The Bertz CT molecular complexity index is 867. The third kappa shape index (κ3) is 3.80. The molecule has 1 saturated heterocycles. The second-order valence-electron chi connectivity index (χ2n) is 5.68. The maximum absolute atomic E-state index is 13.0. The van der Waals surface area contributed by atoms with Crippen molar-refractivity contribution in [2.24, 2.45) is 0 Å². The quantitative estimate of drug-likeness (QED) is 0.880. The fourth-order valence-corrected chi connectivity index (χ4v) is 3.93. The standard InChI is InChI=1S/C17H17FN2O4S/c1-24-15-6-8-16(9-7-15)25(22,23)19-13-10-17(21)20(11-13)14-4-2-12(18)3-5-14/h2-9,13,19H,10-11H2,1H3. The lowest BCUT2D eigenvalue weighted by molar-refractivity contribution is -0.117. The zero-order valence-corrected chi connectivity index (χ0v) is 14.3. The number of halogens is 1. The minimum absolute atomic E-state index is 0.0484. The average molecular weight is 364 g/mol. The zero-order valence-electron chi connectivity index (χ0n) is 13.5. The van der Waals surface area contributed by atoms with Crippen LogP contribution in [-0.2, 0) is 14.8 Å². The van der Waals surface area contributed by atoms with Crippen molar-refractivity contribution in [2.75, 3.05) is 18.6 Å². The molecule has 3 rings (SSSR count). The van der Waals surface area contributed by atoms with Crippen LogP contribution in [0.1, 0.15) is 6.42 Å². The van der Waals surface area contributed by atoms with Gasteiger partial charge in [0, 0.05) is 24.7 Å². The van der Waals surface area contributed by atoms with Gasteiger partial charge in [0.15, 0.2) is 0 Å². The Morgan fingerprint density at radius 1 is 1.12 bits per heavy atom. The van der Waals surface area contributed by atoms with E-state index < -0.39 is 21.9 Å². The van der Waals surface area contributed by atoms with E-state index in [0.717, 1.165) is 0 Å². The lowest BCUT2D eigenvalue weighted by Gasteiger charge is -2.17. The lowest BCUT2D eigenvalue weighted by Crippen LogP contribution is -2.37. The van der Waals surface area contributed by atoms with Crippen molar-refractivity contribution in [1.29, 1.82) is 0 Å². The molecule has 2 aromatic carbocycles. The molecule has 1 fully saturated rings. The van der Waals surface area contributed by atoms with E-state index in [1.807, 2.05) is 0 Å². The number of carbonyl (C=O) groups is 1. The molecule has 1 atom stereocenters. The summed E-state index contributed by atoms with van der Waals surface area (Å²) in [5.41, 5.74) is 0.539. The summed E-state index contributed by atoms with van der Waals surface area (Å²) in [6.07, 6.45) is 0.0484. The second kappa shape index (κ2) is 6.81. The molecule has 0 bridgehead atoms. The fraction of sp³-hybridized carbons (Fsp3) is 0.235. The summed E-state index contributed by atoms with van der Waals surface area (Å²) >= 11 is 0. The lowest BCUT2D eigenvalue weighted by atomic mass is 10.3. The molecule has 6 nitrogen and oxygen atoms in total. The molecule has 0 aromatic heterocycles. The molecule has 1 unspecified atom stereocenters. The van der Waals surface area contributed by atoms with Crippen LogP contribution in [0.5, 0.6) is 5.75 Å². The van der Waals surface area contributed by atoms with Gasteiger partial charge in [-0.3, -0.25) is 4.79 Å². The molecule has 8 heteroatoms. The summed E-state index contributed by atoms with van der Waals surface area (Å²) in [4.78, 5) is 13.7. The number of hydrogen-bond donors (Lipinski definition) is 1. The van der Waals surface area contributed by atoms with Gasteiger partial charge in [-0.2, -0.15) is 0 Å². The first-order valence-corrected chi connectivity index (χ1v) is 9.10. The SMILES string of the molecule is COc1ccc(S(=O)(=O)NC2CC(=O)N(c3ccc(F)cc3)C2)cc1. The average Bonchev–Trinajstić information content (AvgIpc) is 2.95. The molecule has 1 amide bonds. The monoisotopic (exact) mass is 364 g/mol. The summed E-state index contributed by atoms with van der Waals surface area (Å²) < 4.78 is 45.5. The van der Waals surface area contributed by atoms with Crippen LogP contribution in [0.25, 0.3) is 0 Å². The van der Waals surface area contributed by atoms with E-state index in [4.69, 9.17) is 4.74 Å². The molecule has 1 aliphatic heterocycles. The van der Waals surface area contributed by atoms with Gasteiger partial charge in [-0.15, -0.1) is 0 Å². The molecule has 0 radical (unpaired) electrons. The number of rotatable bonds is 5. The van der Waals surface area contributed by atoms with Crippen molar-refractivity contribution in [3.8, 4) is 5.75 Å². The number of hydrogen-bond acceptors (Lipinski definition) is 4. The topological polar surface area (TPSA) is 75.7 Å². The first-order valence-electron chi connectivity index (χ1n) is 7.61. The Labute approximate surface area is 145 Å². The van der Waals surface area contributed by atoms with Crippen LogP contribution in [-0.4, -0.2) is 34.0 Å². The van der Waals surface area contributed by atoms with E-state index in [-0.39, 0.29) is 23.8 Å². The Hall–Kier alpha value is -2.45. The van der Waals surface area contributed by atoms with Gasteiger partial charge in [-0.25, -0.2) is 17.5 Å². The highest BCUT2D eigenvalue weighted by Crippen LogP contribution is 2.23. The minimum atomic E-state index is -3.75. The summed E-state index contributed by atoms with van der Waals surface area (Å²) in [6, 6.07) is 10.9. The third-order valence-corrected chi connectivity index (χ3v) is 5.49. The van der Waals surface area contributed by atoms with E-state index in [1.165, 1.54) is 48.4 Å². The maximum Gasteiger partial charge on any atom is 0.240 e. The molecule has 1 heterocycles. The first kappa shape index (κ1) is 17.4. The molecule has 132 valence electrons. The van der Waals surface area contributed by atoms with Crippen molar-refractivity contribution in [3.63, 3.8) is 0 Å². The Morgan fingerprint density at radius 2 is 1.76 bits per heavy atom. The predicted molar refractivity (Wildman–Crippen MR) is 90.5 cm³/mol. The number of sulfonamides is 1. The number of nitrogens with one attached hydrogen (secondary N) is 1. The molecule has 0 aliphatic carbocycles. The zero-order chi connectivity index (χ0) is 18.0. The smallest absolute Gasteiger partial charge is 0.240 e. The van der Waals surface area contributed by atoms with Crippen LogP contribution in [0.2, 0.25) is 0 Å². The number of benzene rings is 2. The Balaban J connectivity index is 1.72. The number of ether oxygens (including phenoxy) is 1. The van der Waals surface area contributed by atoms with Crippen LogP contribution in [0.4, 0.5) is 10.1 Å². The van der Waals surface area contributed by atoms with Crippen LogP contribution < -0.4 is 14.4 Å². The van der Waals surface area contributed by atoms with Gasteiger partial charge in [0.1, 0.15) is 11.6 Å². The summed E-state index contributed by atoms with van der Waals surface area (Å²) in [6.45, 7) is 0.194. The molecule has 0 spiro atoms. The van der Waals surface area contributed by atoms with Gasteiger partial charge in [-0.05, 0) is 48.5 Å². The van der Waals surface area contributed by atoms with Crippen molar-refractivity contribution in [1.82, 2.24) is 4.72 Å². The van der Waals surface area contributed by atoms with Crippen LogP contribution >= 0.6 is 0 Å². The summed E-state index contributed by atoms with van der Waals surface area (Å²) in [7, 11) is -2.25. The molecule has 1 aliphatic rings. The Morgan fingerprint density at radius 3 is 2.36 bits per heavy atom. The van der Waals surface area contributed by atoms with Gasteiger partial charge in [-0.1, -0.05) is 0 Å². The van der Waals surface area contributed by atoms with Crippen molar-refractivity contribution in [2.45, 2.75) is 17.4 Å². The third-order valence-electron chi connectivity index (χ3n) is 3.95. The van der Waals surface area contributed by atoms with E-state index in [0.29, 0.717) is 11.4 Å². The molecule has 0 saturated carbocycles. The molecular weight excluding hydrogens is 347 g/mol. The summed E-state index contributed by atoms with van der Waals surface area (Å²) in [5.74, 6) is -0.0568. The van der Waals surface area contributed by atoms with Crippen LogP contribution in [0, 0.1) is 5.82 Å². The van der Waals surface area contributed by atoms with E-state index in [1.54, 1.807) is 12.1 Å². The second-order valence-corrected chi connectivity index (χ2v) is 7.39. The number of amides is 1. The highest BCUT2D eigenvalue weighted by atomic mass is 32.2. The highest BCUT2D eigenvalue weighted by Gasteiger charge is 2.33. The van der Waals surface area contributed by atoms with Gasteiger partial charge < -0.3 is 9.64 Å². The largest absolute Gasteiger partial charge is 0.497 e. The fourth-order valence-electron chi connectivity index (χ4n) is 2.70. The van der Waals surface area contributed by atoms with Crippen LogP contribution in [0.3, 0.4) is 0 Å². The van der Waals surface area contributed by atoms with Gasteiger partial charge in [0.25, 0.3) is 0 Å². The minimum Gasteiger partial charge on any atom is -0.497 e. The van der Waals surface area contributed by atoms with Gasteiger partial charge in [0.2, 0.25) is 15.9 Å². The van der Waals surface area contributed by atoms with E-state index in [2.05, 4.69) is 4.72 Å². The maximum atomic E-state index is 13.0. The molecule has 25 heavy (non-hydrogen) atoms. The van der Waals surface area contributed by atoms with Crippen LogP contribution in [0.15, 0.2) is 53.4 Å². The normalized spacial score (nSPS) is 17.8. The number of methoxy groups -OCH3 is 1. The van der Waals surface area contributed by atoms with Crippen molar-refractivity contribution >= 4 is 21.6 Å². The number of nitrogens with zero attached hydrogens (tertiary/aromatic N) is 1. The van der Waals surface area contributed by atoms with E-state index in [9.17, 15) is 17.6 Å². The Kier molecular flexibility index (Phi) is 4.73. The molecular formula is C17H17FN2O4S. The van der Waals surface area contributed by atoms with Crippen molar-refractivity contribution in [3.05, 3.63) is 54.3 Å². The molecule has 1 N–H and O–H groups in total. The summed E-state index contributed by atoms with van der Waals surface area (Å²) in [5, 5.41) is 0. The molecule has 2 aromatic rings. The highest BCUT2D eigenvalue weighted by molar-refractivity contribution is 7.89.